The van der Waals surface area contributed by atoms with Gasteiger partial charge in [-0.25, -0.2) is 0 Å². The van der Waals surface area contributed by atoms with Gasteiger partial charge in [0, 0.05) is 24.3 Å². The summed E-state index contributed by atoms with van der Waals surface area (Å²) in [6.45, 7) is 4.44. The summed E-state index contributed by atoms with van der Waals surface area (Å²) >= 11 is 0. The Morgan fingerprint density at radius 2 is 2.11 bits per heavy atom. The van der Waals surface area contributed by atoms with E-state index in [1.165, 1.54) is 6.07 Å². The van der Waals surface area contributed by atoms with Gasteiger partial charge in [-0.1, -0.05) is 6.07 Å². The molecule has 0 aliphatic carbocycles. The van der Waals surface area contributed by atoms with E-state index in [4.69, 9.17) is 5.73 Å². The maximum atomic E-state index is 13.0. The Balaban J connectivity index is 2.49. The third-order valence-electron chi connectivity index (χ3n) is 3.53. The smallest absolute Gasteiger partial charge is 0.367 e. The summed E-state index contributed by atoms with van der Waals surface area (Å²) in [4.78, 5) is 1.97. The van der Waals surface area contributed by atoms with Gasteiger partial charge in [0.15, 0.2) is 0 Å². The normalized spacial score (nSPS) is 21.0. The Hall–Kier alpha value is -1.23. The van der Waals surface area contributed by atoms with Crippen molar-refractivity contribution in [3.05, 3.63) is 29.3 Å². The van der Waals surface area contributed by atoms with Gasteiger partial charge in [-0.2, -0.15) is 13.2 Å². The number of hydrogen-bond donors (Lipinski definition) is 1. The van der Waals surface area contributed by atoms with Gasteiger partial charge in [0.2, 0.25) is 0 Å². The van der Waals surface area contributed by atoms with Crippen LogP contribution in [-0.4, -0.2) is 18.6 Å². The van der Waals surface area contributed by atoms with Gasteiger partial charge in [0.1, 0.15) is 0 Å². The SMILES string of the molecule is CCN1c2cccc(C(F)(F)F)c2CC1C(C)N. The highest BCUT2D eigenvalue weighted by molar-refractivity contribution is 5.63. The fraction of sp³-hybridized carbons (Fsp3) is 0.538. The molecule has 1 aliphatic rings. The number of alkyl halides is 3. The molecule has 2 atom stereocenters. The molecule has 0 saturated heterocycles. The molecule has 0 amide bonds. The van der Waals surface area contributed by atoms with Crippen molar-refractivity contribution in [2.75, 3.05) is 11.4 Å². The number of anilines is 1. The fourth-order valence-corrected chi connectivity index (χ4v) is 2.70. The van der Waals surface area contributed by atoms with Crippen LogP contribution >= 0.6 is 0 Å². The van der Waals surface area contributed by atoms with E-state index >= 15 is 0 Å². The predicted molar refractivity (Wildman–Crippen MR) is 65.6 cm³/mol. The lowest BCUT2D eigenvalue weighted by atomic mass is 10.0. The van der Waals surface area contributed by atoms with Crippen molar-refractivity contribution in [2.45, 2.75) is 38.5 Å². The molecule has 1 aliphatic heterocycles. The molecule has 0 bridgehead atoms. The van der Waals surface area contributed by atoms with Crippen LogP contribution in [0.25, 0.3) is 0 Å². The minimum Gasteiger partial charge on any atom is -0.367 e. The minimum absolute atomic E-state index is 0.0477. The molecule has 0 radical (unpaired) electrons. The molecule has 0 aromatic heterocycles. The van der Waals surface area contributed by atoms with Gasteiger partial charge in [0.25, 0.3) is 0 Å². The predicted octanol–water partition coefficient (Wildman–Crippen LogP) is 2.80. The zero-order valence-electron chi connectivity index (χ0n) is 10.5. The van der Waals surface area contributed by atoms with Crippen molar-refractivity contribution in [3.8, 4) is 0 Å². The van der Waals surface area contributed by atoms with Gasteiger partial charge in [-0.3, -0.25) is 0 Å². The van der Waals surface area contributed by atoms with Crippen LogP contribution < -0.4 is 10.6 Å². The summed E-state index contributed by atoms with van der Waals surface area (Å²) in [7, 11) is 0. The van der Waals surface area contributed by atoms with Gasteiger partial charge in [0.05, 0.1) is 5.56 Å². The largest absolute Gasteiger partial charge is 0.416 e. The van der Waals surface area contributed by atoms with E-state index in [0.717, 1.165) is 6.07 Å². The van der Waals surface area contributed by atoms with Crippen LogP contribution in [0, 0.1) is 0 Å². The molecule has 0 spiro atoms. The number of nitrogens with zero attached hydrogens (tertiary/aromatic N) is 1. The number of halogens is 3. The average molecular weight is 258 g/mol. The van der Waals surface area contributed by atoms with Gasteiger partial charge < -0.3 is 10.6 Å². The first kappa shape index (κ1) is 13.2. The highest BCUT2D eigenvalue weighted by Gasteiger charge is 2.39. The molecule has 5 heteroatoms. The highest BCUT2D eigenvalue weighted by Crippen LogP contribution is 2.41. The second kappa shape index (κ2) is 4.46. The number of nitrogens with two attached hydrogens (primary N) is 1. The molecular formula is C13H17F3N2. The van der Waals surface area contributed by atoms with Crippen LogP contribution in [0.5, 0.6) is 0 Å². The van der Waals surface area contributed by atoms with Crippen molar-refractivity contribution in [2.24, 2.45) is 5.73 Å². The van der Waals surface area contributed by atoms with Crippen LogP contribution in [0.4, 0.5) is 18.9 Å². The number of hydrogen-bond acceptors (Lipinski definition) is 2. The maximum Gasteiger partial charge on any atom is 0.416 e. The van der Waals surface area contributed by atoms with E-state index in [-0.39, 0.29) is 12.1 Å². The lowest BCUT2D eigenvalue weighted by molar-refractivity contribution is -0.138. The lowest BCUT2D eigenvalue weighted by Crippen LogP contribution is -2.44. The lowest BCUT2D eigenvalue weighted by Gasteiger charge is -2.28. The first-order valence-electron chi connectivity index (χ1n) is 6.07. The third-order valence-corrected chi connectivity index (χ3v) is 3.53. The standard InChI is InChI=1S/C13H17F3N2/c1-3-18-11-6-4-5-10(13(14,15)16)9(11)7-12(18)8(2)17/h4-6,8,12H,3,7,17H2,1-2H3. The number of likely N-dealkylation sites (N-methyl/N-ethyl adjacent to an activating group) is 1. The molecular weight excluding hydrogens is 241 g/mol. The molecule has 2 rings (SSSR count). The summed E-state index contributed by atoms with van der Waals surface area (Å²) < 4.78 is 38.9. The van der Waals surface area contributed by atoms with Gasteiger partial charge in [-0.05, 0) is 38.0 Å². The van der Waals surface area contributed by atoms with E-state index in [1.807, 2.05) is 18.7 Å². The van der Waals surface area contributed by atoms with E-state index in [2.05, 4.69) is 0 Å². The van der Waals surface area contributed by atoms with Gasteiger partial charge >= 0.3 is 6.18 Å². The van der Waals surface area contributed by atoms with Crippen molar-refractivity contribution in [3.63, 3.8) is 0 Å². The number of fused-ring (bicyclic) bond motifs is 1. The van der Waals surface area contributed by atoms with Crippen molar-refractivity contribution >= 4 is 5.69 Å². The summed E-state index contributed by atoms with van der Waals surface area (Å²) in [6.07, 6.45) is -3.92. The average Bonchev–Trinajstić information content (AvgIpc) is 2.65. The quantitative estimate of drug-likeness (QED) is 0.883. The van der Waals surface area contributed by atoms with Gasteiger partial charge in [-0.15, -0.1) is 0 Å². The van der Waals surface area contributed by atoms with Crippen molar-refractivity contribution in [1.29, 1.82) is 0 Å². The van der Waals surface area contributed by atoms with E-state index in [1.54, 1.807) is 6.07 Å². The topological polar surface area (TPSA) is 29.3 Å². The molecule has 1 aromatic carbocycles. The molecule has 2 nitrogen and oxygen atoms in total. The molecule has 2 unspecified atom stereocenters. The monoisotopic (exact) mass is 258 g/mol. The van der Waals surface area contributed by atoms with Crippen molar-refractivity contribution in [1.82, 2.24) is 0 Å². The summed E-state index contributed by atoms with van der Waals surface area (Å²) in [5.74, 6) is 0. The zero-order chi connectivity index (χ0) is 13.5. The first-order chi connectivity index (χ1) is 8.36. The molecule has 2 N–H and O–H groups in total. The Morgan fingerprint density at radius 3 is 2.61 bits per heavy atom. The summed E-state index contributed by atoms with van der Waals surface area (Å²) in [6, 6.07) is 4.16. The molecule has 0 fully saturated rings. The van der Waals surface area contributed by atoms with E-state index < -0.39 is 11.7 Å². The van der Waals surface area contributed by atoms with E-state index in [0.29, 0.717) is 24.2 Å². The molecule has 1 aromatic rings. The highest BCUT2D eigenvalue weighted by atomic mass is 19.4. The van der Waals surface area contributed by atoms with Crippen LogP contribution in [0.2, 0.25) is 0 Å². The molecule has 1 heterocycles. The Kier molecular flexibility index (Phi) is 3.27. The zero-order valence-corrected chi connectivity index (χ0v) is 10.5. The van der Waals surface area contributed by atoms with Crippen molar-refractivity contribution < 1.29 is 13.2 Å². The second-order valence-corrected chi connectivity index (χ2v) is 4.72. The third kappa shape index (κ3) is 2.07. The van der Waals surface area contributed by atoms with Crippen LogP contribution in [-0.2, 0) is 12.6 Å². The second-order valence-electron chi connectivity index (χ2n) is 4.72. The molecule has 18 heavy (non-hydrogen) atoms. The molecule has 0 saturated carbocycles. The first-order valence-corrected chi connectivity index (χ1v) is 6.07. The van der Waals surface area contributed by atoms with Crippen LogP contribution in [0.15, 0.2) is 18.2 Å². The van der Waals surface area contributed by atoms with Crippen LogP contribution in [0.1, 0.15) is 25.0 Å². The van der Waals surface area contributed by atoms with E-state index in [9.17, 15) is 13.2 Å². The Bertz CT molecular complexity index is 440. The molecule has 100 valence electrons. The summed E-state index contributed by atoms with van der Waals surface area (Å²) in [5.41, 5.74) is 6.41. The number of rotatable bonds is 2. The number of benzene rings is 1. The minimum atomic E-state index is -4.29. The summed E-state index contributed by atoms with van der Waals surface area (Å²) in [5, 5.41) is 0. The maximum absolute atomic E-state index is 13.0. The Morgan fingerprint density at radius 1 is 1.44 bits per heavy atom. The van der Waals surface area contributed by atoms with Crippen LogP contribution in [0.3, 0.4) is 0 Å². The fourth-order valence-electron chi connectivity index (χ4n) is 2.70. The Labute approximate surface area is 105 Å².